The van der Waals surface area contributed by atoms with Crippen LogP contribution in [0.1, 0.15) is 43.8 Å². The lowest BCUT2D eigenvalue weighted by Gasteiger charge is -2.23. The van der Waals surface area contributed by atoms with Gasteiger partial charge in [-0.15, -0.1) is 0 Å². The van der Waals surface area contributed by atoms with Crippen LogP contribution in [-0.2, 0) is 9.53 Å². The quantitative estimate of drug-likeness (QED) is 0.849. The van der Waals surface area contributed by atoms with E-state index in [4.69, 9.17) is 4.74 Å². The summed E-state index contributed by atoms with van der Waals surface area (Å²) in [5.41, 5.74) is 0.921. The largest absolute Gasteiger partial charge is 0.385 e. The monoisotopic (exact) mass is 294 g/mol. The summed E-state index contributed by atoms with van der Waals surface area (Å²) in [6.07, 6.45) is 5.20. The highest BCUT2D eigenvalue weighted by molar-refractivity contribution is 7.07. The fraction of sp³-hybridized carbons (Fsp3) is 0.667. The summed E-state index contributed by atoms with van der Waals surface area (Å²) in [5.74, 6) is 0.294. The van der Waals surface area contributed by atoms with E-state index in [1.54, 1.807) is 18.4 Å². The van der Waals surface area contributed by atoms with E-state index >= 15 is 0 Å². The zero-order valence-corrected chi connectivity index (χ0v) is 12.7. The van der Waals surface area contributed by atoms with Gasteiger partial charge in [0.15, 0.2) is 0 Å². The minimum atomic E-state index is -0.292. The molecule has 1 saturated carbocycles. The molecule has 5 heteroatoms. The molecule has 2 aliphatic rings. The Morgan fingerprint density at radius 2 is 2.30 bits per heavy atom. The minimum Gasteiger partial charge on any atom is -0.385 e. The van der Waals surface area contributed by atoms with E-state index in [2.05, 4.69) is 22.1 Å². The second-order valence-electron chi connectivity index (χ2n) is 5.74. The van der Waals surface area contributed by atoms with Crippen molar-refractivity contribution in [3.63, 3.8) is 0 Å². The number of rotatable bonds is 5. The number of nitrogens with zero attached hydrogens (tertiary/aromatic N) is 1. The van der Waals surface area contributed by atoms with Crippen LogP contribution in [0, 0.1) is 0 Å². The summed E-state index contributed by atoms with van der Waals surface area (Å²) in [6, 6.07) is 2.12. The highest BCUT2D eigenvalue weighted by Crippen LogP contribution is 2.41. The van der Waals surface area contributed by atoms with Crippen molar-refractivity contribution in [2.24, 2.45) is 0 Å². The predicted molar refractivity (Wildman–Crippen MR) is 79.6 cm³/mol. The van der Waals surface area contributed by atoms with Crippen LogP contribution < -0.4 is 5.32 Å². The maximum Gasteiger partial charge on any atom is 0.244 e. The van der Waals surface area contributed by atoms with Gasteiger partial charge in [-0.05, 0) is 41.7 Å². The number of hydrogen-bond donors (Lipinski definition) is 1. The second kappa shape index (κ2) is 5.84. The first-order valence-corrected chi connectivity index (χ1v) is 8.31. The summed E-state index contributed by atoms with van der Waals surface area (Å²) in [4.78, 5) is 14.9. The van der Waals surface area contributed by atoms with Gasteiger partial charge in [-0.25, -0.2) is 0 Å². The zero-order chi connectivity index (χ0) is 14.0. The normalized spacial score (nSPS) is 24.9. The maximum absolute atomic E-state index is 12.9. The third-order valence-corrected chi connectivity index (χ3v) is 5.16. The molecule has 1 saturated heterocycles. The molecule has 1 N–H and O–H groups in total. The van der Waals surface area contributed by atoms with Gasteiger partial charge in [0, 0.05) is 20.3 Å². The molecule has 0 radical (unpaired) electrons. The Hall–Kier alpha value is -0.910. The molecule has 3 rings (SSSR count). The third kappa shape index (κ3) is 2.38. The molecular weight excluding hydrogens is 272 g/mol. The number of carbonyl (C=O) groups excluding carboxylic acids is 1. The van der Waals surface area contributed by atoms with Gasteiger partial charge in [0.2, 0.25) is 5.91 Å². The highest BCUT2D eigenvalue weighted by atomic mass is 32.1. The van der Waals surface area contributed by atoms with Crippen LogP contribution in [-0.4, -0.2) is 36.6 Å². The van der Waals surface area contributed by atoms with Crippen molar-refractivity contribution in [2.45, 2.75) is 43.8 Å². The van der Waals surface area contributed by atoms with Crippen molar-refractivity contribution in [3.05, 3.63) is 22.4 Å². The highest BCUT2D eigenvalue weighted by Gasteiger charge is 2.52. The molecule has 2 fully saturated rings. The van der Waals surface area contributed by atoms with Gasteiger partial charge in [0.25, 0.3) is 0 Å². The Morgan fingerprint density at radius 1 is 1.50 bits per heavy atom. The Bertz CT molecular complexity index is 454. The molecule has 1 aromatic heterocycles. The maximum atomic E-state index is 12.9. The van der Waals surface area contributed by atoms with Gasteiger partial charge < -0.3 is 9.64 Å². The number of nitrogens with one attached hydrogen (secondary N) is 1. The summed E-state index contributed by atoms with van der Waals surface area (Å²) in [7, 11) is 1.71. The second-order valence-corrected chi connectivity index (χ2v) is 6.52. The molecule has 0 aromatic carbocycles. The lowest BCUT2D eigenvalue weighted by molar-refractivity contribution is -0.133. The van der Waals surface area contributed by atoms with Gasteiger partial charge in [-0.3, -0.25) is 10.1 Å². The van der Waals surface area contributed by atoms with Crippen molar-refractivity contribution in [3.8, 4) is 0 Å². The fourth-order valence-corrected chi connectivity index (χ4v) is 4.11. The molecular formula is C15H22N2O2S. The first-order chi connectivity index (χ1) is 9.77. The standard InChI is InChI=1S/C15H22N2O2S/c1-19-9-4-8-17-13(12-5-10-20-11-12)16-15(14(17)18)6-2-3-7-15/h5,10-11,13,16H,2-4,6-9H2,1H3. The lowest BCUT2D eigenvalue weighted by Crippen LogP contribution is -2.44. The van der Waals surface area contributed by atoms with Gasteiger partial charge in [0.05, 0.1) is 5.54 Å². The minimum absolute atomic E-state index is 0.0451. The van der Waals surface area contributed by atoms with E-state index in [0.29, 0.717) is 12.5 Å². The summed E-state index contributed by atoms with van der Waals surface area (Å²) < 4.78 is 5.12. The summed E-state index contributed by atoms with van der Waals surface area (Å²) in [6.45, 7) is 1.47. The van der Waals surface area contributed by atoms with E-state index < -0.39 is 0 Å². The molecule has 1 unspecified atom stereocenters. The van der Waals surface area contributed by atoms with Crippen molar-refractivity contribution in [2.75, 3.05) is 20.3 Å². The van der Waals surface area contributed by atoms with Crippen molar-refractivity contribution in [1.82, 2.24) is 10.2 Å². The summed E-state index contributed by atoms with van der Waals surface area (Å²) in [5, 5.41) is 7.86. The van der Waals surface area contributed by atoms with E-state index in [1.165, 1.54) is 5.56 Å². The molecule has 1 aliphatic heterocycles. The van der Waals surface area contributed by atoms with Crippen LogP contribution in [0.5, 0.6) is 0 Å². The van der Waals surface area contributed by atoms with E-state index in [1.807, 2.05) is 4.90 Å². The van der Waals surface area contributed by atoms with Crippen molar-refractivity contribution < 1.29 is 9.53 Å². The molecule has 1 aromatic rings. The molecule has 1 aliphatic carbocycles. The van der Waals surface area contributed by atoms with Gasteiger partial charge >= 0.3 is 0 Å². The van der Waals surface area contributed by atoms with Gasteiger partial charge in [-0.2, -0.15) is 11.3 Å². The van der Waals surface area contributed by atoms with Gasteiger partial charge in [0.1, 0.15) is 6.17 Å². The summed E-state index contributed by atoms with van der Waals surface area (Å²) >= 11 is 1.69. The van der Waals surface area contributed by atoms with Crippen LogP contribution in [0.25, 0.3) is 0 Å². The third-order valence-electron chi connectivity index (χ3n) is 4.46. The average molecular weight is 294 g/mol. The smallest absolute Gasteiger partial charge is 0.244 e. The van der Waals surface area contributed by atoms with Crippen LogP contribution in [0.2, 0.25) is 0 Å². The van der Waals surface area contributed by atoms with Crippen LogP contribution in [0.15, 0.2) is 16.8 Å². The number of methoxy groups -OCH3 is 1. The number of carbonyl (C=O) groups is 1. The van der Waals surface area contributed by atoms with Crippen molar-refractivity contribution >= 4 is 17.2 Å². The first kappa shape index (κ1) is 14.0. The Morgan fingerprint density at radius 3 is 2.95 bits per heavy atom. The van der Waals surface area contributed by atoms with E-state index in [0.717, 1.165) is 38.6 Å². The Balaban J connectivity index is 1.80. The Kier molecular flexibility index (Phi) is 4.10. The molecule has 1 atom stereocenters. The van der Waals surface area contributed by atoms with Crippen LogP contribution >= 0.6 is 11.3 Å². The fourth-order valence-electron chi connectivity index (χ4n) is 3.43. The number of amides is 1. The topological polar surface area (TPSA) is 41.6 Å². The Labute approximate surface area is 124 Å². The lowest BCUT2D eigenvalue weighted by atomic mass is 9.98. The van der Waals surface area contributed by atoms with Crippen molar-refractivity contribution in [1.29, 1.82) is 0 Å². The molecule has 110 valence electrons. The number of hydrogen-bond acceptors (Lipinski definition) is 4. The first-order valence-electron chi connectivity index (χ1n) is 7.37. The van der Waals surface area contributed by atoms with Gasteiger partial charge in [-0.1, -0.05) is 12.8 Å². The predicted octanol–water partition coefficient (Wildman–Crippen LogP) is 2.53. The zero-order valence-electron chi connectivity index (χ0n) is 11.9. The van der Waals surface area contributed by atoms with Crippen LogP contribution in [0.3, 0.4) is 0 Å². The number of ether oxygens (including phenoxy) is 1. The molecule has 0 bridgehead atoms. The van der Waals surface area contributed by atoms with E-state index in [-0.39, 0.29) is 11.7 Å². The van der Waals surface area contributed by atoms with E-state index in [9.17, 15) is 4.79 Å². The van der Waals surface area contributed by atoms with Crippen LogP contribution in [0.4, 0.5) is 0 Å². The average Bonchev–Trinajstić information content (AvgIpc) is 3.16. The molecule has 1 spiro atoms. The molecule has 20 heavy (non-hydrogen) atoms. The SMILES string of the molecule is COCCCN1C(=O)C2(CCCC2)NC1c1ccsc1. The molecule has 2 heterocycles. The molecule has 4 nitrogen and oxygen atoms in total. The number of thiophene rings is 1. The molecule has 1 amide bonds.